The van der Waals surface area contributed by atoms with Gasteiger partial charge in [0.05, 0.1) is 11.6 Å². The summed E-state index contributed by atoms with van der Waals surface area (Å²) in [5.41, 5.74) is 2.94. The maximum Gasteiger partial charge on any atom is 0.295 e. The number of phenolic OH excluding ortho intramolecular Hbond substituents is 1. The van der Waals surface area contributed by atoms with Crippen molar-refractivity contribution in [3.05, 3.63) is 101 Å². The van der Waals surface area contributed by atoms with E-state index in [1.54, 1.807) is 30.3 Å². The Labute approximate surface area is 217 Å². The Hall–Kier alpha value is -4.10. The summed E-state index contributed by atoms with van der Waals surface area (Å²) in [6, 6.07) is 20.6. The lowest BCUT2D eigenvalue weighted by Crippen LogP contribution is -2.32. The number of hydrogen-bond donors (Lipinski definition) is 2. The average molecular weight is 501 g/mol. The van der Waals surface area contributed by atoms with Gasteiger partial charge in [-0.3, -0.25) is 9.59 Å². The highest BCUT2D eigenvalue weighted by Crippen LogP contribution is 2.40. The Morgan fingerprint density at radius 3 is 2.35 bits per heavy atom. The van der Waals surface area contributed by atoms with Crippen LogP contribution >= 0.6 is 0 Å². The van der Waals surface area contributed by atoms with E-state index in [1.165, 1.54) is 17.0 Å². The number of nitrogens with zero attached hydrogens (tertiary/aromatic N) is 2. The number of ketones is 1. The summed E-state index contributed by atoms with van der Waals surface area (Å²) in [4.78, 5) is 29.8. The fraction of sp³-hybridized carbons (Fsp3) is 0.267. The molecule has 0 aromatic heterocycles. The number of amides is 1. The van der Waals surface area contributed by atoms with Crippen molar-refractivity contribution < 1.29 is 24.5 Å². The Bertz CT molecular complexity index is 1300. The van der Waals surface area contributed by atoms with Crippen LogP contribution in [0, 0.1) is 6.92 Å². The Kier molecular flexibility index (Phi) is 7.94. The second kappa shape index (κ2) is 11.3. The molecule has 1 aliphatic heterocycles. The van der Waals surface area contributed by atoms with Crippen molar-refractivity contribution in [3.63, 3.8) is 0 Å². The lowest BCUT2D eigenvalue weighted by molar-refractivity contribution is -0.139. The van der Waals surface area contributed by atoms with Crippen molar-refractivity contribution in [2.75, 3.05) is 27.2 Å². The van der Waals surface area contributed by atoms with E-state index in [1.807, 2.05) is 56.3 Å². The first-order valence-electron chi connectivity index (χ1n) is 12.3. The molecule has 1 aliphatic rings. The van der Waals surface area contributed by atoms with Gasteiger partial charge in [0.2, 0.25) is 0 Å². The third kappa shape index (κ3) is 5.84. The molecule has 0 bridgehead atoms. The molecule has 192 valence electrons. The minimum Gasteiger partial charge on any atom is -0.508 e. The molecule has 0 aliphatic carbocycles. The first-order valence-corrected chi connectivity index (χ1v) is 12.3. The second-order valence-electron chi connectivity index (χ2n) is 9.50. The van der Waals surface area contributed by atoms with Gasteiger partial charge in [-0.2, -0.15) is 0 Å². The number of phenols is 1. The molecule has 0 radical (unpaired) electrons. The van der Waals surface area contributed by atoms with Gasteiger partial charge in [0.15, 0.2) is 0 Å². The minimum atomic E-state index is -0.753. The summed E-state index contributed by atoms with van der Waals surface area (Å²) in [5, 5.41) is 21.1. The zero-order valence-electron chi connectivity index (χ0n) is 21.3. The molecule has 3 aromatic carbocycles. The van der Waals surface area contributed by atoms with Crippen LogP contribution in [-0.2, 0) is 16.2 Å². The first kappa shape index (κ1) is 26.0. The maximum absolute atomic E-state index is 13.2. The fourth-order valence-corrected chi connectivity index (χ4v) is 4.52. The van der Waals surface area contributed by atoms with Gasteiger partial charge in [0, 0.05) is 12.1 Å². The summed E-state index contributed by atoms with van der Waals surface area (Å²) in [6.07, 6.45) is 0.668. The molecule has 7 heteroatoms. The highest BCUT2D eigenvalue weighted by molar-refractivity contribution is 6.46. The van der Waals surface area contributed by atoms with Crippen LogP contribution in [0.2, 0.25) is 0 Å². The van der Waals surface area contributed by atoms with Crippen molar-refractivity contribution in [2.45, 2.75) is 26.0 Å². The summed E-state index contributed by atoms with van der Waals surface area (Å²) < 4.78 is 5.95. The molecule has 1 atom stereocenters. The number of aliphatic hydroxyl groups excluding tert-OH is 1. The minimum absolute atomic E-state index is 0.0397. The molecule has 2 N–H and O–H groups in total. The van der Waals surface area contributed by atoms with Crippen LogP contribution < -0.4 is 4.74 Å². The molecule has 7 nitrogen and oxygen atoms in total. The van der Waals surface area contributed by atoms with E-state index >= 15 is 0 Å². The molecule has 1 fully saturated rings. The van der Waals surface area contributed by atoms with Gasteiger partial charge in [0.1, 0.15) is 23.9 Å². The number of hydrogen-bond acceptors (Lipinski definition) is 6. The van der Waals surface area contributed by atoms with Gasteiger partial charge < -0.3 is 24.7 Å². The van der Waals surface area contributed by atoms with Crippen molar-refractivity contribution in [2.24, 2.45) is 0 Å². The molecule has 1 heterocycles. The third-order valence-electron chi connectivity index (χ3n) is 6.44. The van der Waals surface area contributed by atoms with E-state index in [2.05, 4.69) is 0 Å². The van der Waals surface area contributed by atoms with Gasteiger partial charge in [0.25, 0.3) is 11.7 Å². The molecule has 0 spiro atoms. The van der Waals surface area contributed by atoms with Crippen LogP contribution in [0.15, 0.2) is 78.4 Å². The van der Waals surface area contributed by atoms with E-state index in [9.17, 15) is 19.8 Å². The van der Waals surface area contributed by atoms with Crippen LogP contribution in [-0.4, -0.2) is 58.9 Å². The van der Waals surface area contributed by atoms with E-state index < -0.39 is 17.7 Å². The predicted molar refractivity (Wildman–Crippen MR) is 142 cm³/mol. The molecular weight excluding hydrogens is 468 g/mol. The smallest absolute Gasteiger partial charge is 0.295 e. The maximum atomic E-state index is 13.2. The normalized spacial score (nSPS) is 17.0. The summed E-state index contributed by atoms with van der Waals surface area (Å²) in [6.45, 7) is 3.38. The standard InChI is InChI=1S/C30H32N2O5/c1-20-18-23(12-15-25(20)37-19-21-8-5-4-6-9-21)28(34)26-27(22-10-13-24(33)14-11-22)32(30(36)29(26)35)17-7-16-31(2)3/h4-6,8-15,18,27,33-34H,7,16-17,19H2,1-3H3/t27-/m0/s1. The Balaban J connectivity index is 1.67. The number of carbonyl (C=O) groups excluding carboxylic acids is 2. The van der Waals surface area contributed by atoms with Crippen LogP contribution in [0.1, 0.15) is 34.7 Å². The predicted octanol–water partition coefficient (Wildman–Crippen LogP) is 4.65. The zero-order chi connectivity index (χ0) is 26.5. The fourth-order valence-electron chi connectivity index (χ4n) is 4.52. The SMILES string of the molecule is Cc1cc(C(O)=C2C(=O)C(=O)N(CCCN(C)C)[C@H]2c2ccc(O)cc2)ccc1OCc1ccccc1. The third-order valence-corrected chi connectivity index (χ3v) is 6.44. The number of aryl methyl sites for hydroxylation is 1. The van der Waals surface area contributed by atoms with E-state index in [0.29, 0.717) is 36.4 Å². The lowest BCUT2D eigenvalue weighted by atomic mass is 9.94. The van der Waals surface area contributed by atoms with Gasteiger partial charge in [-0.1, -0.05) is 42.5 Å². The summed E-state index contributed by atoms with van der Waals surface area (Å²) >= 11 is 0. The second-order valence-corrected chi connectivity index (χ2v) is 9.50. The van der Waals surface area contributed by atoms with Crippen molar-refractivity contribution in [3.8, 4) is 11.5 Å². The van der Waals surface area contributed by atoms with Crippen molar-refractivity contribution in [1.29, 1.82) is 0 Å². The summed E-state index contributed by atoms with van der Waals surface area (Å²) in [5.74, 6) is -0.848. The summed E-state index contributed by atoms with van der Waals surface area (Å²) in [7, 11) is 3.89. The molecule has 0 unspecified atom stereocenters. The topological polar surface area (TPSA) is 90.3 Å². The monoisotopic (exact) mass is 500 g/mol. The Morgan fingerprint density at radius 2 is 1.70 bits per heavy atom. The van der Waals surface area contributed by atoms with Crippen molar-refractivity contribution in [1.82, 2.24) is 9.80 Å². The van der Waals surface area contributed by atoms with Crippen molar-refractivity contribution >= 4 is 17.4 Å². The van der Waals surface area contributed by atoms with Gasteiger partial charge in [-0.25, -0.2) is 0 Å². The highest BCUT2D eigenvalue weighted by Gasteiger charge is 2.45. The van der Waals surface area contributed by atoms with E-state index in [4.69, 9.17) is 4.74 Å². The molecule has 37 heavy (non-hydrogen) atoms. The molecule has 1 saturated heterocycles. The highest BCUT2D eigenvalue weighted by atomic mass is 16.5. The largest absolute Gasteiger partial charge is 0.508 e. The van der Waals surface area contributed by atoms with Gasteiger partial charge >= 0.3 is 0 Å². The number of aliphatic hydroxyl groups is 1. The number of carbonyl (C=O) groups is 2. The number of likely N-dealkylation sites (tertiary alicyclic amines) is 1. The number of aromatic hydroxyl groups is 1. The van der Waals surface area contributed by atoms with Crippen LogP contribution in [0.25, 0.3) is 5.76 Å². The molecule has 0 saturated carbocycles. The van der Waals surface area contributed by atoms with Crippen LogP contribution in [0.3, 0.4) is 0 Å². The quantitative estimate of drug-likeness (QED) is 0.253. The molecule has 3 aromatic rings. The van der Waals surface area contributed by atoms with E-state index in [-0.39, 0.29) is 17.1 Å². The van der Waals surface area contributed by atoms with Gasteiger partial charge in [-0.15, -0.1) is 0 Å². The van der Waals surface area contributed by atoms with Gasteiger partial charge in [-0.05, 0) is 81.0 Å². The number of Topliss-reactive ketones (excluding diaryl/α,β-unsaturated/α-hetero) is 1. The molecular formula is C30H32N2O5. The molecule has 4 rings (SSSR count). The average Bonchev–Trinajstić information content (AvgIpc) is 3.13. The number of benzene rings is 3. The first-order chi connectivity index (χ1) is 17.8. The number of ether oxygens (including phenoxy) is 1. The lowest BCUT2D eigenvalue weighted by Gasteiger charge is -2.26. The zero-order valence-corrected chi connectivity index (χ0v) is 21.3. The van der Waals surface area contributed by atoms with E-state index in [0.717, 1.165) is 17.7 Å². The van der Waals surface area contributed by atoms with Crippen LogP contribution in [0.5, 0.6) is 11.5 Å². The molecule has 1 amide bonds. The number of rotatable bonds is 9. The Morgan fingerprint density at radius 1 is 1.00 bits per heavy atom. The van der Waals surface area contributed by atoms with Crippen LogP contribution in [0.4, 0.5) is 0 Å².